The van der Waals surface area contributed by atoms with Crippen LogP contribution in [0.15, 0.2) is 12.4 Å². The Labute approximate surface area is 93.2 Å². The summed E-state index contributed by atoms with van der Waals surface area (Å²) in [7, 11) is 0. The molecular formula is C8H8F3N3O3. The average Bonchev–Trinajstić information content (AvgIpc) is 2.62. The first-order valence-electron chi connectivity index (χ1n) is 4.53. The number of halogens is 3. The highest BCUT2D eigenvalue weighted by atomic mass is 19.4. The summed E-state index contributed by atoms with van der Waals surface area (Å²) in [5.74, 6) is -1.30. The molecule has 0 aliphatic heterocycles. The second-order valence-corrected chi connectivity index (χ2v) is 3.27. The van der Waals surface area contributed by atoms with Crippen molar-refractivity contribution in [3.8, 4) is 0 Å². The maximum absolute atomic E-state index is 11.8. The van der Waals surface area contributed by atoms with Crippen LogP contribution in [0.1, 0.15) is 12.8 Å². The third-order valence-electron chi connectivity index (χ3n) is 1.89. The first kappa shape index (κ1) is 13.1. The van der Waals surface area contributed by atoms with Gasteiger partial charge in [0.05, 0.1) is 6.42 Å². The van der Waals surface area contributed by atoms with Crippen molar-refractivity contribution in [3.63, 3.8) is 0 Å². The molecule has 1 rings (SSSR count). The van der Waals surface area contributed by atoms with Crippen molar-refractivity contribution >= 4 is 11.7 Å². The minimum absolute atomic E-state index is 0.480. The SMILES string of the molecule is O=C(CCC(F)(F)F)Cn1ccnc1[N+](=O)[O-]. The Morgan fingerprint density at radius 2 is 2.18 bits per heavy atom. The van der Waals surface area contributed by atoms with E-state index in [-0.39, 0.29) is 0 Å². The Morgan fingerprint density at radius 3 is 2.71 bits per heavy atom. The predicted molar refractivity (Wildman–Crippen MR) is 49.2 cm³/mol. The molecule has 0 N–H and O–H groups in total. The number of aromatic nitrogens is 2. The van der Waals surface area contributed by atoms with Gasteiger partial charge in [0.15, 0.2) is 5.78 Å². The van der Waals surface area contributed by atoms with E-state index in [4.69, 9.17) is 0 Å². The smallest absolute Gasteiger partial charge is 0.390 e. The fourth-order valence-corrected chi connectivity index (χ4v) is 1.15. The number of carbonyl (C=O) groups excluding carboxylic acids is 1. The first-order valence-corrected chi connectivity index (χ1v) is 4.53. The van der Waals surface area contributed by atoms with Crippen LogP contribution < -0.4 is 0 Å². The van der Waals surface area contributed by atoms with Gasteiger partial charge < -0.3 is 10.1 Å². The number of rotatable bonds is 5. The molecule has 0 unspecified atom stereocenters. The lowest BCUT2D eigenvalue weighted by Crippen LogP contribution is -2.15. The molecule has 0 atom stereocenters. The Kier molecular flexibility index (Phi) is 3.81. The van der Waals surface area contributed by atoms with Crippen molar-refractivity contribution < 1.29 is 22.9 Å². The number of alkyl halides is 3. The van der Waals surface area contributed by atoms with Gasteiger partial charge in [-0.2, -0.15) is 13.2 Å². The van der Waals surface area contributed by atoms with Crippen LogP contribution in [0.5, 0.6) is 0 Å². The standard InChI is InChI=1S/C8H8F3N3O3/c9-8(10,11)2-1-6(15)5-13-4-3-12-7(13)14(16)17/h3-4H,1-2,5H2. The van der Waals surface area contributed by atoms with Crippen LogP contribution in [0.2, 0.25) is 0 Å². The summed E-state index contributed by atoms with van der Waals surface area (Å²) in [6, 6.07) is 0. The van der Waals surface area contributed by atoms with Crippen molar-refractivity contribution in [3.05, 3.63) is 22.5 Å². The van der Waals surface area contributed by atoms with Crippen molar-refractivity contribution in [1.82, 2.24) is 9.55 Å². The number of ketones is 1. The average molecular weight is 251 g/mol. The van der Waals surface area contributed by atoms with E-state index in [1.54, 1.807) is 0 Å². The molecule has 1 heterocycles. The van der Waals surface area contributed by atoms with Gasteiger partial charge in [-0.3, -0.25) is 4.79 Å². The zero-order valence-electron chi connectivity index (χ0n) is 8.48. The van der Waals surface area contributed by atoms with Crippen molar-refractivity contribution in [2.75, 3.05) is 0 Å². The van der Waals surface area contributed by atoms with Gasteiger partial charge in [0.25, 0.3) is 0 Å². The zero-order valence-corrected chi connectivity index (χ0v) is 8.48. The van der Waals surface area contributed by atoms with Gasteiger partial charge >= 0.3 is 12.1 Å². The van der Waals surface area contributed by atoms with E-state index in [0.29, 0.717) is 0 Å². The number of hydrogen-bond donors (Lipinski definition) is 0. The molecule has 1 aromatic heterocycles. The van der Waals surface area contributed by atoms with Gasteiger partial charge in [-0.15, -0.1) is 0 Å². The number of nitrogens with zero attached hydrogens (tertiary/aromatic N) is 3. The van der Waals surface area contributed by atoms with E-state index in [2.05, 4.69) is 4.98 Å². The summed E-state index contributed by atoms with van der Waals surface area (Å²) >= 11 is 0. The van der Waals surface area contributed by atoms with E-state index < -0.39 is 42.2 Å². The number of hydrogen-bond acceptors (Lipinski definition) is 4. The molecule has 0 bridgehead atoms. The van der Waals surface area contributed by atoms with Crippen LogP contribution in [0.25, 0.3) is 0 Å². The second kappa shape index (κ2) is 4.93. The van der Waals surface area contributed by atoms with E-state index in [1.165, 1.54) is 6.20 Å². The summed E-state index contributed by atoms with van der Waals surface area (Å²) in [5.41, 5.74) is 0. The molecule has 0 aromatic carbocycles. The van der Waals surface area contributed by atoms with E-state index >= 15 is 0 Å². The number of carbonyl (C=O) groups is 1. The van der Waals surface area contributed by atoms with Crippen molar-refractivity contribution in [2.45, 2.75) is 25.6 Å². The molecule has 0 amide bonds. The third kappa shape index (κ3) is 4.21. The van der Waals surface area contributed by atoms with Crippen molar-refractivity contribution in [1.29, 1.82) is 0 Å². The molecule has 0 radical (unpaired) electrons. The third-order valence-corrected chi connectivity index (χ3v) is 1.89. The fourth-order valence-electron chi connectivity index (χ4n) is 1.15. The van der Waals surface area contributed by atoms with E-state index in [1.807, 2.05) is 0 Å². The Morgan fingerprint density at radius 1 is 1.53 bits per heavy atom. The van der Waals surface area contributed by atoms with Crippen LogP contribution in [0.4, 0.5) is 19.1 Å². The fraction of sp³-hybridized carbons (Fsp3) is 0.500. The molecule has 17 heavy (non-hydrogen) atoms. The van der Waals surface area contributed by atoms with Gasteiger partial charge in [-0.05, 0) is 4.92 Å². The Bertz CT molecular complexity index is 427. The second-order valence-electron chi connectivity index (χ2n) is 3.27. The molecule has 0 saturated heterocycles. The lowest BCUT2D eigenvalue weighted by atomic mass is 10.2. The summed E-state index contributed by atoms with van der Waals surface area (Å²) in [4.78, 5) is 24.1. The van der Waals surface area contributed by atoms with Gasteiger partial charge in [0.2, 0.25) is 0 Å². The molecule has 94 valence electrons. The quantitative estimate of drug-likeness (QED) is 0.589. The highest BCUT2D eigenvalue weighted by Gasteiger charge is 2.28. The molecule has 0 saturated carbocycles. The molecular weight excluding hydrogens is 243 g/mol. The largest absolute Gasteiger partial charge is 0.434 e. The molecule has 1 aromatic rings. The number of Topliss-reactive ketones (excluding diaryl/α,β-unsaturated/α-hetero) is 1. The number of nitro groups is 1. The normalized spacial score (nSPS) is 11.5. The number of imidazole rings is 1. The van der Waals surface area contributed by atoms with Crippen LogP contribution in [-0.4, -0.2) is 26.4 Å². The highest BCUT2D eigenvalue weighted by Crippen LogP contribution is 2.21. The summed E-state index contributed by atoms with van der Waals surface area (Å²) in [6.07, 6.45) is -4.05. The minimum Gasteiger partial charge on any atom is -0.390 e. The summed E-state index contributed by atoms with van der Waals surface area (Å²) < 4.78 is 36.4. The Hall–Kier alpha value is -1.93. The zero-order chi connectivity index (χ0) is 13.1. The Balaban J connectivity index is 2.57. The lowest BCUT2D eigenvalue weighted by Gasteiger charge is -2.04. The summed E-state index contributed by atoms with van der Waals surface area (Å²) in [5, 5.41) is 10.4. The monoisotopic (exact) mass is 251 g/mol. The highest BCUT2D eigenvalue weighted by molar-refractivity contribution is 5.78. The van der Waals surface area contributed by atoms with Crippen LogP contribution in [0.3, 0.4) is 0 Å². The van der Waals surface area contributed by atoms with Crippen LogP contribution in [-0.2, 0) is 11.3 Å². The molecule has 6 nitrogen and oxygen atoms in total. The van der Waals surface area contributed by atoms with E-state index in [0.717, 1.165) is 10.8 Å². The van der Waals surface area contributed by atoms with E-state index in [9.17, 15) is 28.1 Å². The lowest BCUT2D eigenvalue weighted by molar-refractivity contribution is -0.396. The minimum atomic E-state index is -4.41. The maximum atomic E-state index is 11.8. The molecule has 0 aliphatic carbocycles. The van der Waals surface area contributed by atoms with Crippen molar-refractivity contribution in [2.24, 2.45) is 0 Å². The molecule has 0 fully saturated rings. The molecule has 0 spiro atoms. The maximum Gasteiger partial charge on any atom is 0.434 e. The van der Waals surface area contributed by atoms with Gasteiger partial charge in [-0.25, -0.2) is 4.57 Å². The summed E-state index contributed by atoms with van der Waals surface area (Å²) in [6.45, 7) is -0.480. The van der Waals surface area contributed by atoms with Gasteiger partial charge in [-0.1, -0.05) is 4.98 Å². The predicted octanol–water partition coefficient (Wildman–Crippen LogP) is 1.70. The van der Waals surface area contributed by atoms with Gasteiger partial charge in [0.1, 0.15) is 18.9 Å². The topological polar surface area (TPSA) is 78.0 Å². The van der Waals surface area contributed by atoms with Crippen LogP contribution >= 0.6 is 0 Å². The van der Waals surface area contributed by atoms with Gasteiger partial charge in [0, 0.05) is 6.42 Å². The first-order chi connectivity index (χ1) is 7.79. The molecule has 0 aliphatic rings. The molecule has 9 heteroatoms. The van der Waals surface area contributed by atoms with Crippen LogP contribution in [0, 0.1) is 10.1 Å².